The Hall–Kier alpha value is -1.11. The van der Waals surface area contributed by atoms with Crippen molar-refractivity contribution in [2.75, 3.05) is 19.1 Å². The number of nitriles is 1. The van der Waals surface area contributed by atoms with Crippen molar-refractivity contribution in [3.8, 4) is 11.8 Å². The molecule has 1 aromatic carbocycles. The van der Waals surface area contributed by atoms with Crippen LogP contribution in [-0.4, -0.2) is 20.2 Å². The van der Waals surface area contributed by atoms with Gasteiger partial charge in [-0.15, -0.1) is 0 Å². The largest absolute Gasteiger partial charge is 0.495 e. The molecule has 3 nitrogen and oxygen atoms in total. The second-order valence-electron chi connectivity index (χ2n) is 3.33. The minimum Gasteiger partial charge on any atom is -0.495 e. The second-order valence-corrected chi connectivity index (χ2v) is 4.09. The van der Waals surface area contributed by atoms with Gasteiger partial charge in [0.05, 0.1) is 23.9 Å². The minimum atomic E-state index is -0.276. The molecule has 1 unspecified atom stereocenters. The van der Waals surface area contributed by atoms with E-state index in [4.69, 9.17) is 33.2 Å². The van der Waals surface area contributed by atoms with Gasteiger partial charge in [0.1, 0.15) is 16.8 Å². The van der Waals surface area contributed by atoms with Crippen LogP contribution in [0.5, 0.6) is 5.75 Å². The molecule has 0 saturated heterocycles. The Labute approximate surface area is 105 Å². The molecule has 0 bridgehead atoms. The molecule has 0 aliphatic rings. The molecular weight excluding hydrogens is 247 g/mol. The average Bonchev–Trinajstić information content (AvgIpc) is 2.30. The van der Waals surface area contributed by atoms with Crippen LogP contribution in [0.2, 0.25) is 10.0 Å². The molecule has 0 radical (unpaired) electrons. The van der Waals surface area contributed by atoms with Gasteiger partial charge in [-0.2, -0.15) is 5.26 Å². The van der Waals surface area contributed by atoms with Crippen molar-refractivity contribution in [2.45, 2.75) is 13.0 Å². The van der Waals surface area contributed by atoms with E-state index in [1.54, 1.807) is 31.0 Å². The fourth-order valence-electron chi connectivity index (χ4n) is 1.25. The number of hydrogen-bond donors (Lipinski definition) is 0. The zero-order valence-electron chi connectivity index (χ0n) is 9.29. The standard InChI is InChI=1S/C11H12Cl2N2O/c1-7(6-14)15(2)8-4-5-9(16-3)11(13)10(8)12/h4-5,7H,1-3H3. The van der Waals surface area contributed by atoms with Gasteiger partial charge in [-0.05, 0) is 19.1 Å². The zero-order chi connectivity index (χ0) is 12.3. The van der Waals surface area contributed by atoms with E-state index in [-0.39, 0.29) is 6.04 Å². The quantitative estimate of drug-likeness (QED) is 0.835. The Bertz CT molecular complexity index is 429. The van der Waals surface area contributed by atoms with Crippen molar-refractivity contribution in [3.63, 3.8) is 0 Å². The molecule has 1 aromatic rings. The summed E-state index contributed by atoms with van der Waals surface area (Å²) in [6.45, 7) is 1.79. The number of hydrogen-bond acceptors (Lipinski definition) is 3. The highest BCUT2D eigenvalue weighted by Crippen LogP contribution is 2.39. The van der Waals surface area contributed by atoms with E-state index in [0.717, 1.165) is 0 Å². The van der Waals surface area contributed by atoms with Gasteiger partial charge < -0.3 is 9.64 Å². The highest BCUT2D eigenvalue weighted by Gasteiger charge is 2.16. The lowest BCUT2D eigenvalue weighted by molar-refractivity contribution is 0.415. The van der Waals surface area contributed by atoms with E-state index in [1.807, 2.05) is 0 Å². The number of benzene rings is 1. The lowest BCUT2D eigenvalue weighted by Gasteiger charge is -2.23. The number of nitrogens with zero attached hydrogens (tertiary/aromatic N) is 2. The van der Waals surface area contributed by atoms with E-state index in [1.165, 1.54) is 7.11 Å². The number of ether oxygens (including phenoxy) is 1. The smallest absolute Gasteiger partial charge is 0.139 e. The predicted octanol–water partition coefficient (Wildman–Crippen LogP) is 3.35. The maximum Gasteiger partial charge on any atom is 0.139 e. The van der Waals surface area contributed by atoms with Gasteiger partial charge in [0.15, 0.2) is 0 Å². The van der Waals surface area contributed by atoms with Crippen molar-refractivity contribution in [3.05, 3.63) is 22.2 Å². The highest BCUT2D eigenvalue weighted by molar-refractivity contribution is 6.44. The molecule has 0 fully saturated rings. The topological polar surface area (TPSA) is 36.3 Å². The van der Waals surface area contributed by atoms with Crippen LogP contribution in [0.3, 0.4) is 0 Å². The average molecular weight is 259 g/mol. The number of halogens is 2. The fourth-order valence-corrected chi connectivity index (χ4v) is 1.77. The van der Waals surface area contributed by atoms with Crippen molar-refractivity contribution >= 4 is 28.9 Å². The molecule has 1 rings (SSSR count). The van der Waals surface area contributed by atoms with E-state index in [9.17, 15) is 0 Å². The molecule has 0 aliphatic carbocycles. The van der Waals surface area contributed by atoms with Crippen molar-refractivity contribution in [1.29, 1.82) is 5.26 Å². The lowest BCUT2D eigenvalue weighted by atomic mass is 10.2. The van der Waals surface area contributed by atoms with E-state index in [0.29, 0.717) is 21.5 Å². The fraction of sp³-hybridized carbons (Fsp3) is 0.364. The first-order valence-corrected chi connectivity index (χ1v) is 5.43. The Morgan fingerprint density at radius 1 is 1.38 bits per heavy atom. The Morgan fingerprint density at radius 2 is 2.00 bits per heavy atom. The molecular formula is C11H12Cl2N2O. The molecule has 0 aromatic heterocycles. The van der Waals surface area contributed by atoms with Crippen LogP contribution in [0.1, 0.15) is 6.92 Å². The number of rotatable bonds is 3. The first-order chi connectivity index (χ1) is 7.52. The number of methoxy groups -OCH3 is 1. The SMILES string of the molecule is COc1ccc(N(C)C(C)C#N)c(Cl)c1Cl. The maximum absolute atomic E-state index is 8.84. The van der Waals surface area contributed by atoms with Crippen LogP contribution >= 0.6 is 23.2 Å². The normalized spacial score (nSPS) is 11.8. The van der Waals surface area contributed by atoms with Crippen molar-refractivity contribution < 1.29 is 4.74 Å². The van der Waals surface area contributed by atoms with Crippen LogP contribution < -0.4 is 9.64 Å². The van der Waals surface area contributed by atoms with Crippen molar-refractivity contribution in [1.82, 2.24) is 0 Å². The predicted molar refractivity (Wildman–Crippen MR) is 66.5 cm³/mol. The molecule has 0 saturated carbocycles. The van der Waals surface area contributed by atoms with Crippen LogP contribution in [-0.2, 0) is 0 Å². The Kier molecular flexibility index (Phi) is 4.28. The monoisotopic (exact) mass is 258 g/mol. The molecule has 0 spiro atoms. The summed E-state index contributed by atoms with van der Waals surface area (Å²) in [5, 5.41) is 9.59. The van der Waals surface area contributed by atoms with Crippen LogP contribution in [0.25, 0.3) is 0 Å². The summed E-state index contributed by atoms with van der Waals surface area (Å²) in [6, 6.07) is 5.36. The molecule has 0 N–H and O–H groups in total. The summed E-state index contributed by atoms with van der Waals surface area (Å²) in [4.78, 5) is 1.76. The molecule has 5 heteroatoms. The summed E-state index contributed by atoms with van der Waals surface area (Å²) >= 11 is 12.1. The maximum atomic E-state index is 8.84. The van der Waals surface area contributed by atoms with Crippen LogP contribution in [0, 0.1) is 11.3 Å². The molecule has 1 atom stereocenters. The summed E-state index contributed by atoms with van der Waals surface area (Å²) in [6.07, 6.45) is 0. The van der Waals surface area contributed by atoms with E-state index < -0.39 is 0 Å². The van der Waals surface area contributed by atoms with E-state index >= 15 is 0 Å². The second kappa shape index (κ2) is 5.29. The summed E-state index contributed by atoms with van der Waals surface area (Å²) in [5.74, 6) is 0.522. The molecule has 0 amide bonds. The third kappa shape index (κ3) is 2.34. The van der Waals surface area contributed by atoms with Crippen LogP contribution in [0.15, 0.2) is 12.1 Å². The first kappa shape index (κ1) is 13.0. The van der Waals surface area contributed by atoms with Gasteiger partial charge >= 0.3 is 0 Å². The van der Waals surface area contributed by atoms with Gasteiger partial charge in [0.2, 0.25) is 0 Å². The Balaban J connectivity index is 3.18. The zero-order valence-corrected chi connectivity index (χ0v) is 10.8. The van der Waals surface area contributed by atoms with Gasteiger partial charge in [0, 0.05) is 7.05 Å². The lowest BCUT2D eigenvalue weighted by Crippen LogP contribution is -2.27. The van der Waals surface area contributed by atoms with Gasteiger partial charge in [-0.1, -0.05) is 23.2 Å². The molecule has 86 valence electrons. The molecule has 0 heterocycles. The molecule has 16 heavy (non-hydrogen) atoms. The van der Waals surface area contributed by atoms with Gasteiger partial charge in [-0.3, -0.25) is 0 Å². The third-order valence-electron chi connectivity index (χ3n) is 2.39. The summed E-state index contributed by atoms with van der Waals surface area (Å²) in [5.41, 5.74) is 0.710. The summed E-state index contributed by atoms with van der Waals surface area (Å²) < 4.78 is 5.05. The number of anilines is 1. The van der Waals surface area contributed by atoms with E-state index in [2.05, 4.69) is 6.07 Å². The van der Waals surface area contributed by atoms with Crippen molar-refractivity contribution in [2.24, 2.45) is 0 Å². The summed E-state index contributed by atoms with van der Waals surface area (Å²) in [7, 11) is 3.32. The molecule has 0 aliphatic heterocycles. The van der Waals surface area contributed by atoms with Crippen LogP contribution in [0.4, 0.5) is 5.69 Å². The van der Waals surface area contributed by atoms with Gasteiger partial charge in [0.25, 0.3) is 0 Å². The Morgan fingerprint density at radius 3 is 2.50 bits per heavy atom. The minimum absolute atomic E-state index is 0.276. The first-order valence-electron chi connectivity index (χ1n) is 4.67. The third-order valence-corrected chi connectivity index (χ3v) is 3.25. The highest BCUT2D eigenvalue weighted by atomic mass is 35.5. The van der Waals surface area contributed by atoms with Gasteiger partial charge in [-0.25, -0.2) is 0 Å².